The van der Waals surface area contributed by atoms with Gasteiger partial charge in [-0.3, -0.25) is 9.59 Å². The van der Waals surface area contributed by atoms with Crippen LogP contribution in [0.2, 0.25) is 0 Å². The largest absolute Gasteiger partial charge is 0.342 e. The topological polar surface area (TPSA) is 49.4 Å². The summed E-state index contributed by atoms with van der Waals surface area (Å²) in [5, 5.41) is 2.97. The van der Waals surface area contributed by atoms with Gasteiger partial charge in [-0.2, -0.15) is 0 Å². The van der Waals surface area contributed by atoms with E-state index >= 15 is 0 Å². The molecule has 2 atom stereocenters. The summed E-state index contributed by atoms with van der Waals surface area (Å²) < 4.78 is 0. The fourth-order valence-corrected chi connectivity index (χ4v) is 3.30. The highest BCUT2D eigenvalue weighted by atomic mass is 16.2. The third kappa shape index (κ3) is 2.70. The minimum atomic E-state index is -0.602. The molecule has 0 bridgehead atoms. The Morgan fingerprint density at radius 2 is 1.90 bits per heavy atom. The van der Waals surface area contributed by atoms with Gasteiger partial charge >= 0.3 is 0 Å². The first-order valence-corrected chi connectivity index (χ1v) is 8.18. The van der Waals surface area contributed by atoms with E-state index in [9.17, 15) is 9.59 Å². The number of carbonyl (C=O) groups is 2. The maximum Gasteiger partial charge on any atom is 0.246 e. The van der Waals surface area contributed by atoms with Crippen LogP contribution in [0.3, 0.4) is 0 Å². The zero-order valence-corrected chi connectivity index (χ0v) is 13.1. The zero-order valence-electron chi connectivity index (χ0n) is 13.1. The quantitative estimate of drug-likeness (QED) is 0.728. The van der Waals surface area contributed by atoms with Crippen molar-refractivity contribution in [3.8, 4) is 0 Å². The Hall–Kier alpha value is -1.06. The summed E-state index contributed by atoms with van der Waals surface area (Å²) in [5.74, 6) is 0.558. The van der Waals surface area contributed by atoms with Gasteiger partial charge in [0.15, 0.2) is 0 Å². The zero-order chi connectivity index (χ0) is 14.8. The van der Waals surface area contributed by atoms with Crippen molar-refractivity contribution in [1.29, 1.82) is 0 Å². The average molecular weight is 280 g/mol. The summed E-state index contributed by atoms with van der Waals surface area (Å²) in [6, 6.07) is -0.305. The van der Waals surface area contributed by atoms with Gasteiger partial charge in [0, 0.05) is 6.54 Å². The number of hydrogen-bond donors (Lipinski definition) is 1. The maximum atomic E-state index is 12.7. The molecule has 2 aliphatic rings. The predicted octanol–water partition coefficient (Wildman–Crippen LogP) is 2.47. The molecule has 0 aromatic rings. The summed E-state index contributed by atoms with van der Waals surface area (Å²) >= 11 is 0. The first kappa shape index (κ1) is 15.3. The molecule has 0 aromatic heterocycles. The monoisotopic (exact) mass is 280 g/mol. The molecule has 1 saturated carbocycles. The highest BCUT2D eigenvalue weighted by Crippen LogP contribution is 2.45. The number of unbranched alkanes of at least 4 members (excludes halogenated alkanes) is 2. The van der Waals surface area contributed by atoms with E-state index in [0.29, 0.717) is 5.92 Å². The lowest BCUT2D eigenvalue weighted by Gasteiger charge is -2.47. The van der Waals surface area contributed by atoms with E-state index in [1.54, 1.807) is 0 Å². The normalized spacial score (nSPS) is 30.6. The van der Waals surface area contributed by atoms with Crippen molar-refractivity contribution in [3.05, 3.63) is 0 Å². The van der Waals surface area contributed by atoms with Gasteiger partial charge in [0.1, 0.15) is 11.6 Å². The standard InChI is InChI=1S/C16H28N2O2/c1-4-6-7-11-18-14(19)13(8-5-2)17-15(20)16(18,3)12-9-10-12/h12-13H,4-11H2,1-3H3,(H,17,20). The van der Waals surface area contributed by atoms with Crippen molar-refractivity contribution in [1.82, 2.24) is 10.2 Å². The SMILES string of the molecule is CCCCCN1C(=O)C(CCC)NC(=O)C1(C)C1CC1. The molecule has 1 heterocycles. The van der Waals surface area contributed by atoms with E-state index < -0.39 is 5.54 Å². The molecular formula is C16H28N2O2. The highest BCUT2D eigenvalue weighted by molar-refractivity contribution is 6.00. The highest BCUT2D eigenvalue weighted by Gasteiger charge is 2.56. The van der Waals surface area contributed by atoms with E-state index in [0.717, 1.165) is 51.5 Å². The second-order valence-electron chi connectivity index (χ2n) is 6.43. The van der Waals surface area contributed by atoms with Crippen LogP contribution in [-0.2, 0) is 9.59 Å². The Balaban J connectivity index is 2.17. The molecule has 2 amide bonds. The Kier molecular flexibility index (Phi) is 4.71. The number of amides is 2. The molecule has 2 fully saturated rings. The summed E-state index contributed by atoms with van der Waals surface area (Å²) in [4.78, 5) is 27.2. The van der Waals surface area contributed by atoms with Gasteiger partial charge in [-0.05, 0) is 38.5 Å². The molecule has 2 unspecified atom stereocenters. The lowest BCUT2D eigenvalue weighted by Crippen LogP contribution is -2.70. The number of rotatable bonds is 7. The first-order valence-electron chi connectivity index (χ1n) is 8.18. The Labute approximate surface area is 122 Å². The summed E-state index contributed by atoms with van der Waals surface area (Å²) in [6.45, 7) is 6.90. The van der Waals surface area contributed by atoms with Crippen LogP contribution in [0.1, 0.15) is 65.7 Å². The van der Waals surface area contributed by atoms with Crippen molar-refractivity contribution >= 4 is 11.8 Å². The number of nitrogens with one attached hydrogen (secondary N) is 1. The van der Waals surface area contributed by atoms with Crippen LogP contribution in [0, 0.1) is 5.92 Å². The third-order valence-electron chi connectivity index (χ3n) is 4.82. The smallest absolute Gasteiger partial charge is 0.246 e. The van der Waals surface area contributed by atoms with Crippen LogP contribution in [0.4, 0.5) is 0 Å². The van der Waals surface area contributed by atoms with Crippen LogP contribution >= 0.6 is 0 Å². The minimum Gasteiger partial charge on any atom is -0.342 e. The maximum absolute atomic E-state index is 12.7. The second-order valence-corrected chi connectivity index (χ2v) is 6.43. The van der Waals surface area contributed by atoms with Gasteiger partial charge in [-0.15, -0.1) is 0 Å². The van der Waals surface area contributed by atoms with Gasteiger partial charge in [0.05, 0.1) is 0 Å². The number of carbonyl (C=O) groups excluding carboxylic acids is 2. The van der Waals surface area contributed by atoms with E-state index in [1.165, 1.54) is 0 Å². The van der Waals surface area contributed by atoms with Crippen LogP contribution in [-0.4, -0.2) is 34.8 Å². The van der Waals surface area contributed by atoms with Gasteiger partial charge < -0.3 is 10.2 Å². The average Bonchev–Trinajstić information content (AvgIpc) is 3.25. The van der Waals surface area contributed by atoms with Gasteiger partial charge in [0.2, 0.25) is 11.8 Å². The fourth-order valence-electron chi connectivity index (χ4n) is 3.30. The Morgan fingerprint density at radius 3 is 2.45 bits per heavy atom. The molecule has 1 N–H and O–H groups in total. The lowest BCUT2D eigenvalue weighted by atomic mass is 9.87. The van der Waals surface area contributed by atoms with Crippen molar-refractivity contribution in [2.45, 2.75) is 77.3 Å². The number of piperazine rings is 1. The molecule has 0 spiro atoms. The molecule has 114 valence electrons. The number of nitrogens with zero attached hydrogens (tertiary/aromatic N) is 1. The van der Waals surface area contributed by atoms with Crippen LogP contribution < -0.4 is 5.32 Å². The molecule has 20 heavy (non-hydrogen) atoms. The van der Waals surface area contributed by atoms with E-state index in [4.69, 9.17) is 0 Å². The van der Waals surface area contributed by atoms with Crippen LogP contribution in [0.15, 0.2) is 0 Å². The molecule has 4 nitrogen and oxygen atoms in total. The molecule has 1 aliphatic carbocycles. The van der Waals surface area contributed by atoms with Gasteiger partial charge in [0.25, 0.3) is 0 Å². The Morgan fingerprint density at radius 1 is 1.20 bits per heavy atom. The summed E-state index contributed by atoms with van der Waals surface area (Å²) in [5.41, 5.74) is -0.602. The molecular weight excluding hydrogens is 252 g/mol. The van der Waals surface area contributed by atoms with E-state index in [-0.39, 0.29) is 17.9 Å². The third-order valence-corrected chi connectivity index (χ3v) is 4.82. The van der Waals surface area contributed by atoms with Crippen LogP contribution in [0.25, 0.3) is 0 Å². The van der Waals surface area contributed by atoms with Gasteiger partial charge in [-0.25, -0.2) is 0 Å². The fraction of sp³-hybridized carbons (Fsp3) is 0.875. The minimum absolute atomic E-state index is 0.0644. The molecule has 4 heteroatoms. The van der Waals surface area contributed by atoms with E-state index in [1.807, 2.05) is 11.8 Å². The summed E-state index contributed by atoms with van der Waals surface area (Å²) in [7, 11) is 0. The van der Waals surface area contributed by atoms with Gasteiger partial charge in [-0.1, -0.05) is 33.1 Å². The molecule has 1 aliphatic heterocycles. The van der Waals surface area contributed by atoms with Crippen molar-refractivity contribution < 1.29 is 9.59 Å². The summed E-state index contributed by atoms with van der Waals surface area (Å²) in [6.07, 6.45) is 7.04. The van der Waals surface area contributed by atoms with E-state index in [2.05, 4.69) is 19.2 Å². The first-order chi connectivity index (χ1) is 9.55. The lowest BCUT2D eigenvalue weighted by molar-refractivity contribution is -0.158. The predicted molar refractivity (Wildman–Crippen MR) is 79.2 cm³/mol. The molecule has 1 saturated heterocycles. The molecule has 2 rings (SSSR count). The van der Waals surface area contributed by atoms with Crippen molar-refractivity contribution in [2.24, 2.45) is 5.92 Å². The number of hydrogen-bond acceptors (Lipinski definition) is 2. The second kappa shape index (κ2) is 6.15. The van der Waals surface area contributed by atoms with Crippen LogP contribution in [0.5, 0.6) is 0 Å². The van der Waals surface area contributed by atoms with Crippen molar-refractivity contribution in [2.75, 3.05) is 6.54 Å². The Bertz CT molecular complexity index is 379. The molecule has 0 aromatic carbocycles. The van der Waals surface area contributed by atoms with Crippen molar-refractivity contribution in [3.63, 3.8) is 0 Å². The molecule has 0 radical (unpaired) electrons.